The Morgan fingerprint density at radius 1 is 0.198 bits per heavy atom. The average molecular weight is 1290 g/mol. The SMILES string of the molecule is CC(C)c1cc(C(C)C)c(C2=C3C(c4c(C(C)C)cc(C(C)C)cc4C(C)C)([C]C2(c2c(C(C)C)cc(C(C)C)cc2C(C)C)c2c(C(C)C)cc(C(C)C)cc2C(C)C)C3(c2c(C(C)C)cc(C(C)C)cc2C(C)C)c2c(C(C)C)cc(C(C)C)cc2C(C)C)c(C(C)C)c1. The minimum atomic E-state index is -0.921. The summed E-state index contributed by atoms with van der Waals surface area (Å²) in [7, 11) is 0. The molecule has 0 N–H and O–H groups in total. The van der Waals surface area contributed by atoms with Crippen molar-refractivity contribution in [2.45, 2.75) is 372 Å². The molecule has 1 unspecified atom stereocenters. The largest absolute Gasteiger partial charge is 0.0587 e. The molecule has 1 saturated carbocycles. The van der Waals surface area contributed by atoms with Crippen LogP contribution >= 0.6 is 0 Å². The topological polar surface area (TPSA) is 0 Å². The summed E-state index contributed by atoms with van der Waals surface area (Å²) in [6.45, 7) is 90.2. The van der Waals surface area contributed by atoms with Gasteiger partial charge in [-0.05, 0) is 251 Å². The summed E-state index contributed by atoms with van der Waals surface area (Å²) in [6, 6.07) is 32.8. The van der Waals surface area contributed by atoms with Crippen LogP contribution in [-0.4, -0.2) is 0 Å². The van der Waals surface area contributed by atoms with E-state index >= 15 is 0 Å². The van der Waals surface area contributed by atoms with Crippen molar-refractivity contribution in [3.05, 3.63) is 218 Å². The molecule has 0 saturated heterocycles. The standard InChI is InChI=1S/C96H138/c1-50(2)68-37-74(56(13)14)86(75(38-68)57(15)16)92-93-95(89-80(62(25)26)43-71(53(7)8)44-81(89)63(27)28,96(93,90-82(64(29)30)45-72(54(9)10)46-83(90)65(31)32)91-84(66(33)34)47-73(55(11)12)48-85(91)67(35)36)49-94(92,87-76(58(17)18)39-69(51(3)4)40-77(87)59(19)20)88-78(60(21)22)41-70(52(5)6)42-79(88)61(23)24/h37-48,50-67H,1-36H3. The van der Waals surface area contributed by atoms with E-state index in [-0.39, 0.29) is 71.0 Å². The summed E-state index contributed by atoms with van der Waals surface area (Å²) in [5.74, 6) is 4.54. The molecule has 2 aliphatic rings. The Hall–Kier alpha value is -4.94. The van der Waals surface area contributed by atoms with E-state index < -0.39 is 16.2 Å². The number of hydrogen-bond acceptors (Lipinski definition) is 0. The lowest BCUT2D eigenvalue weighted by Crippen LogP contribution is -2.43. The molecule has 0 aliphatic heterocycles. The first-order valence-electron chi connectivity index (χ1n) is 39.2. The van der Waals surface area contributed by atoms with Crippen LogP contribution < -0.4 is 0 Å². The molecule has 2 radical (unpaired) electrons. The molecule has 522 valence electrons. The first-order valence-corrected chi connectivity index (χ1v) is 39.2. The molecular formula is C96H138. The zero-order chi connectivity index (χ0) is 72.1. The highest BCUT2D eigenvalue weighted by Crippen LogP contribution is 2.87. The van der Waals surface area contributed by atoms with Gasteiger partial charge in [0.2, 0.25) is 0 Å². The molecule has 6 aromatic rings. The molecule has 1 fully saturated rings. The number of benzene rings is 6. The smallest absolute Gasteiger partial charge is 0.0579 e. The van der Waals surface area contributed by atoms with E-state index in [1.807, 2.05) is 0 Å². The average Bonchev–Trinajstić information content (AvgIpc) is 1.42. The third-order valence-electron chi connectivity index (χ3n) is 23.2. The maximum atomic E-state index is 5.69. The van der Waals surface area contributed by atoms with Crippen molar-refractivity contribution in [1.29, 1.82) is 0 Å². The van der Waals surface area contributed by atoms with Crippen molar-refractivity contribution >= 4 is 5.57 Å². The van der Waals surface area contributed by atoms with E-state index in [1.54, 1.807) is 22.3 Å². The molecule has 6 aromatic carbocycles. The number of allylic oxidation sites excluding steroid dienone is 2. The Morgan fingerprint density at radius 3 is 0.542 bits per heavy atom. The molecule has 0 nitrogen and oxygen atoms in total. The van der Waals surface area contributed by atoms with Gasteiger partial charge in [0, 0.05) is 11.8 Å². The van der Waals surface area contributed by atoms with Crippen LogP contribution in [-0.2, 0) is 16.2 Å². The van der Waals surface area contributed by atoms with Crippen molar-refractivity contribution in [3.63, 3.8) is 0 Å². The molecular weight excluding hydrogens is 1150 g/mol. The first-order chi connectivity index (χ1) is 44.5. The molecule has 96 heavy (non-hydrogen) atoms. The van der Waals surface area contributed by atoms with Crippen molar-refractivity contribution in [1.82, 2.24) is 0 Å². The van der Waals surface area contributed by atoms with Gasteiger partial charge in [0.15, 0.2) is 0 Å². The van der Waals surface area contributed by atoms with Gasteiger partial charge in [0.25, 0.3) is 0 Å². The van der Waals surface area contributed by atoms with Gasteiger partial charge < -0.3 is 0 Å². The van der Waals surface area contributed by atoms with Crippen molar-refractivity contribution in [2.24, 2.45) is 0 Å². The first kappa shape index (κ1) is 76.8. The lowest BCUT2D eigenvalue weighted by atomic mass is 9.53. The van der Waals surface area contributed by atoms with Crippen molar-refractivity contribution in [2.75, 3.05) is 0 Å². The molecule has 0 spiro atoms. The van der Waals surface area contributed by atoms with Gasteiger partial charge in [-0.25, -0.2) is 0 Å². The molecule has 0 heteroatoms. The van der Waals surface area contributed by atoms with Crippen LogP contribution in [0.4, 0.5) is 0 Å². The normalized spacial score (nSPS) is 16.7. The highest BCUT2D eigenvalue weighted by atomic mass is 14.8. The zero-order valence-corrected chi connectivity index (χ0v) is 68.3. The van der Waals surface area contributed by atoms with Gasteiger partial charge in [-0.15, -0.1) is 0 Å². The van der Waals surface area contributed by atoms with Crippen LogP contribution in [0.3, 0.4) is 0 Å². The summed E-state index contributed by atoms with van der Waals surface area (Å²) < 4.78 is 0. The fourth-order valence-corrected chi connectivity index (χ4v) is 17.6. The Bertz CT molecular complexity index is 3500. The van der Waals surface area contributed by atoms with E-state index in [0.29, 0.717) is 35.5 Å². The van der Waals surface area contributed by atoms with E-state index in [0.717, 1.165) is 0 Å². The molecule has 2 aliphatic carbocycles. The van der Waals surface area contributed by atoms with Crippen LogP contribution in [0.2, 0.25) is 0 Å². The highest BCUT2D eigenvalue weighted by molar-refractivity contribution is 6.05. The number of fused-ring (bicyclic) bond motifs is 1. The van der Waals surface area contributed by atoms with Crippen LogP contribution in [0.1, 0.15) is 489 Å². The summed E-state index contributed by atoms with van der Waals surface area (Å²) >= 11 is 0. The fraction of sp³-hybridized carbons (Fsp3) is 0.594. The molecule has 0 bridgehead atoms. The summed E-state index contributed by atoms with van der Waals surface area (Å²) in [5, 5.41) is 0. The van der Waals surface area contributed by atoms with E-state index in [1.165, 1.54) is 122 Å². The zero-order valence-electron chi connectivity index (χ0n) is 68.3. The highest BCUT2D eigenvalue weighted by Gasteiger charge is 2.84. The van der Waals surface area contributed by atoms with Crippen LogP contribution in [0, 0.1) is 6.42 Å². The van der Waals surface area contributed by atoms with E-state index in [4.69, 9.17) is 6.42 Å². The van der Waals surface area contributed by atoms with Gasteiger partial charge >= 0.3 is 0 Å². The van der Waals surface area contributed by atoms with Crippen LogP contribution in [0.5, 0.6) is 0 Å². The second kappa shape index (κ2) is 28.6. The Morgan fingerprint density at radius 2 is 0.365 bits per heavy atom. The predicted molar refractivity (Wildman–Crippen MR) is 426 cm³/mol. The lowest BCUT2D eigenvalue weighted by molar-refractivity contribution is 0.541. The molecule has 0 amide bonds. The number of hydrogen-bond donors (Lipinski definition) is 0. The summed E-state index contributed by atoms with van der Waals surface area (Å²) in [6.07, 6.45) is 5.69. The second-order valence-electron chi connectivity index (χ2n) is 36.4. The molecule has 0 aromatic heterocycles. The Labute approximate surface area is 592 Å². The monoisotopic (exact) mass is 1290 g/mol. The third-order valence-corrected chi connectivity index (χ3v) is 23.2. The van der Waals surface area contributed by atoms with Gasteiger partial charge in [0.1, 0.15) is 0 Å². The lowest BCUT2D eigenvalue weighted by Gasteiger charge is -2.48. The minimum Gasteiger partial charge on any atom is -0.0587 e. The maximum absolute atomic E-state index is 5.69. The Balaban J connectivity index is 2.08. The van der Waals surface area contributed by atoms with Gasteiger partial charge in [-0.1, -0.05) is 322 Å². The van der Waals surface area contributed by atoms with Crippen LogP contribution in [0.25, 0.3) is 5.57 Å². The summed E-state index contributed by atoms with van der Waals surface area (Å²) in [5.41, 5.74) is 36.4. The summed E-state index contributed by atoms with van der Waals surface area (Å²) in [4.78, 5) is 0. The van der Waals surface area contributed by atoms with Gasteiger partial charge in [0.05, 0.1) is 10.8 Å². The van der Waals surface area contributed by atoms with E-state index in [9.17, 15) is 0 Å². The molecule has 8 rings (SSSR count). The van der Waals surface area contributed by atoms with Gasteiger partial charge in [-0.3, -0.25) is 0 Å². The second-order valence-corrected chi connectivity index (χ2v) is 36.4. The van der Waals surface area contributed by atoms with Crippen molar-refractivity contribution < 1.29 is 0 Å². The fourth-order valence-electron chi connectivity index (χ4n) is 17.6. The quantitative estimate of drug-likeness (QED) is 0.0567. The number of rotatable bonds is 24. The van der Waals surface area contributed by atoms with Crippen LogP contribution in [0.15, 0.2) is 78.4 Å². The molecule has 0 heterocycles. The Kier molecular flexibility index (Phi) is 22.9. The van der Waals surface area contributed by atoms with Gasteiger partial charge in [-0.2, -0.15) is 0 Å². The van der Waals surface area contributed by atoms with E-state index in [2.05, 4.69) is 322 Å². The molecule has 1 atom stereocenters. The minimum absolute atomic E-state index is 0.200. The third kappa shape index (κ3) is 12.8. The maximum Gasteiger partial charge on any atom is 0.0579 e. The predicted octanol–water partition coefficient (Wildman–Crippen LogP) is 29.7. The van der Waals surface area contributed by atoms with Crippen molar-refractivity contribution in [3.8, 4) is 0 Å².